The van der Waals surface area contributed by atoms with E-state index in [4.69, 9.17) is 0 Å². The number of carbonyl (C=O) groups excluding carboxylic acids is 1. The van der Waals surface area contributed by atoms with E-state index in [9.17, 15) is 14.9 Å². The van der Waals surface area contributed by atoms with E-state index in [1.807, 2.05) is 0 Å². The fourth-order valence-corrected chi connectivity index (χ4v) is 3.75. The number of hydrogen-bond donors (Lipinski definition) is 2. The van der Waals surface area contributed by atoms with Crippen LogP contribution < -0.4 is 10.6 Å². The van der Waals surface area contributed by atoms with Crippen molar-refractivity contribution in [1.82, 2.24) is 10.6 Å². The smallest absolute Gasteiger partial charge is 0.273 e. The largest absolute Gasteiger partial charge is 0.349 e. The molecule has 23 heavy (non-hydrogen) atoms. The molecule has 1 aromatic rings. The maximum Gasteiger partial charge on any atom is 0.273 e. The van der Waals surface area contributed by atoms with Crippen molar-refractivity contribution in [2.24, 2.45) is 0 Å². The lowest BCUT2D eigenvalue weighted by atomic mass is 9.79. The lowest BCUT2D eigenvalue weighted by Gasteiger charge is -2.46. The summed E-state index contributed by atoms with van der Waals surface area (Å²) in [5.41, 5.74) is 0.605. The van der Waals surface area contributed by atoms with Gasteiger partial charge in [0.2, 0.25) is 0 Å². The van der Waals surface area contributed by atoms with Gasteiger partial charge in [-0.15, -0.1) is 0 Å². The Morgan fingerprint density at radius 3 is 2.35 bits per heavy atom. The van der Waals surface area contributed by atoms with E-state index >= 15 is 0 Å². The van der Waals surface area contributed by atoms with E-state index in [2.05, 4.69) is 38.3 Å². The number of nitro groups is 1. The summed E-state index contributed by atoms with van der Waals surface area (Å²) in [5, 5.41) is 17.6. The second kappa shape index (κ2) is 5.92. The number of carbonyl (C=O) groups is 1. The zero-order valence-corrected chi connectivity index (χ0v) is 14.4. The van der Waals surface area contributed by atoms with Crippen molar-refractivity contribution < 1.29 is 9.72 Å². The minimum absolute atomic E-state index is 0.0244. The van der Waals surface area contributed by atoms with Gasteiger partial charge in [-0.05, 0) is 53.5 Å². The highest BCUT2D eigenvalue weighted by molar-refractivity contribution is 5.96. The maximum atomic E-state index is 12.6. The highest BCUT2D eigenvalue weighted by Gasteiger charge is 2.38. The van der Waals surface area contributed by atoms with Gasteiger partial charge in [0.25, 0.3) is 11.6 Å². The van der Waals surface area contributed by atoms with Crippen molar-refractivity contribution in [2.75, 3.05) is 0 Å². The lowest BCUT2D eigenvalue weighted by Crippen LogP contribution is -2.62. The normalized spacial score (nSPS) is 20.0. The number of nitrogens with zero attached hydrogens (tertiary/aromatic N) is 1. The van der Waals surface area contributed by atoms with Crippen LogP contribution in [-0.4, -0.2) is 28.0 Å². The highest BCUT2D eigenvalue weighted by atomic mass is 16.6. The molecule has 1 heterocycles. The molecule has 6 nitrogen and oxygen atoms in total. The molecule has 1 aliphatic heterocycles. The first kappa shape index (κ1) is 17.4. The molecule has 0 saturated carbocycles. The number of piperidine rings is 1. The highest BCUT2D eigenvalue weighted by Crippen LogP contribution is 2.29. The molecule has 0 atom stereocenters. The predicted molar refractivity (Wildman–Crippen MR) is 89.6 cm³/mol. The van der Waals surface area contributed by atoms with Crippen molar-refractivity contribution in [2.45, 2.75) is 64.6 Å². The standard InChI is InChI=1S/C17H25N3O3/c1-11-13(7-6-8-14(11)20(22)23)15(21)18-12-9-16(2,3)19-17(4,5)10-12/h6-8,12,19H,9-10H2,1-5H3,(H,18,21). The third-order valence-corrected chi connectivity index (χ3v) is 4.27. The maximum absolute atomic E-state index is 12.6. The molecular weight excluding hydrogens is 294 g/mol. The molecule has 126 valence electrons. The second-order valence-corrected chi connectivity index (χ2v) is 7.68. The fourth-order valence-electron chi connectivity index (χ4n) is 3.75. The Morgan fingerprint density at radius 1 is 1.26 bits per heavy atom. The zero-order chi connectivity index (χ0) is 17.4. The molecule has 2 rings (SSSR count). The van der Waals surface area contributed by atoms with Gasteiger partial charge < -0.3 is 10.6 Å². The van der Waals surface area contributed by atoms with Crippen LogP contribution in [0.2, 0.25) is 0 Å². The van der Waals surface area contributed by atoms with Crippen LogP contribution in [0.4, 0.5) is 5.69 Å². The van der Waals surface area contributed by atoms with Gasteiger partial charge in [0.05, 0.1) is 4.92 Å². The van der Waals surface area contributed by atoms with E-state index in [1.54, 1.807) is 19.1 Å². The Hall–Kier alpha value is -1.95. The van der Waals surface area contributed by atoms with Crippen molar-refractivity contribution in [3.05, 3.63) is 39.4 Å². The van der Waals surface area contributed by atoms with Gasteiger partial charge in [0, 0.05) is 34.3 Å². The average molecular weight is 319 g/mol. The van der Waals surface area contributed by atoms with Crippen LogP contribution in [0.5, 0.6) is 0 Å². The molecular formula is C17H25N3O3. The molecule has 6 heteroatoms. The van der Waals surface area contributed by atoms with Crippen LogP contribution >= 0.6 is 0 Å². The van der Waals surface area contributed by atoms with Crippen LogP contribution in [0.25, 0.3) is 0 Å². The molecule has 0 aromatic heterocycles. The van der Waals surface area contributed by atoms with Gasteiger partial charge in [-0.3, -0.25) is 14.9 Å². The molecule has 0 radical (unpaired) electrons. The van der Waals surface area contributed by atoms with E-state index < -0.39 is 4.92 Å². The number of nitro benzene ring substituents is 1. The fraction of sp³-hybridized carbons (Fsp3) is 0.588. The Labute approximate surface area is 136 Å². The molecule has 1 aromatic carbocycles. The molecule has 1 amide bonds. The Kier molecular flexibility index (Phi) is 4.48. The van der Waals surface area contributed by atoms with Gasteiger partial charge in [0.15, 0.2) is 0 Å². The van der Waals surface area contributed by atoms with Crippen LogP contribution in [0.1, 0.15) is 56.5 Å². The molecule has 1 fully saturated rings. The molecule has 2 N–H and O–H groups in total. The van der Waals surface area contributed by atoms with E-state index in [0.29, 0.717) is 11.1 Å². The summed E-state index contributed by atoms with van der Waals surface area (Å²) in [5.74, 6) is -0.246. The number of nitrogens with one attached hydrogen (secondary N) is 2. The Bertz CT molecular complexity index is 622. The van der Waals surface area contributed by atoms with Crippen molar-refractivity contribution in [3.63, 3.8) is 0 Å². The lowest BCUT2D eigenvalue weighted by molar-refractivity contribution is -0.385. The summed E-state index contributed by atoms with van der Waals surface area (Å²) in [6.07, 6.45) is 1.63. The topological polar surface area (TPSA) is 84.3 Å². The Balaban J connectivity index is 2.19. The van der Waals surface area contributed by atoms with Crippen molar-refractivity contribution in [3.8, 4) is 0 Å². The summed E-state index contributed by atoms with van der Waals surface area (Å²) in [6.45, 7) is 10.1. The van der Waals surface area contributed by atoms with Crippen molar-refractivity contribution >= 4 is 11.6 Å². The van der Waals surface area contributed by atoms with Crippen LogP contribution in [-0.2, 0) is 0 Å². The SMILES string of the molecule is Cc1c(C(=O)NC2CC(C)(C)NC(C)(C)C2)cccc1[N+](=O)[O-]. The van der Waals surface area contributed by atoms with Gasteiger partial charge >= 0.3 is 0 Å². The molecule has 0 bridgehead atoms. The first-order valence-electron chi connectivity index (χ1n) is 7.85. The Morgan fingerprint density at radius 2 is 1.83 bits per heavy atom. The van der Waals surface area contributed by atoms with Crippen molar-refractivity contribution in [1.29, 1.82) is 0 Å². The van der Waals surface area contributed by atoms with Crippen LogP contribution in [0.3, 0.4) is 0 Å². The summed E-state index contributed by atoms with van der Waals surface area (Å²) < 4.78 is 0. The van der Waals surface area contributed by atoms with Gasteiger partial charge in [-0.25, -0.2) is 0 Å². The molecule has 0 spiro atoms. The van der Waals surface area contributed by atoms with Gasteiger partial charge in [0.1, 0.15) is 0 Å². The number of benzene rings is 1. The zero-order valence-electron chi connectivity index (χ0n) is 14.4. The summed E-state index contributed by atoms with van der Waals surface area (Å²) in [7, 11) is 0. The molecule has 1 saturated heterocycles. The predicted octanol–water partition coefficient (Wildman–Crippen LogP) is 2.94. The van der Waals surface area contributed by atoms with Crippen LogP contribution in [0, 0.1) is 17.0 Å². The summed E-state index contributed by atoms with van der Waals surface area (Å²) in [6, 6.07) is 4.64. The number of hydrogen-bond acceptors (Lipinski definition) is 4. The quantitative estimate of drug-likeness (QED) is 0.662. The third-order valence-electron chi connectivity index (χ3n) is 4.27. The summed E-state index contributed by atoms with van der Waals surface area (Å²) >= 11 is 0. The van der Waals surface area contributed by atoms with E-state index in [-0.39, 0.29) is 28.7 Å². The monoisotopic (exact) mass is 319 g/mol. The number of rotatable bonds is 3. The summed E-state index contributed by atoms with van der Waals surface area (Å²) in [4.78, 5) is 23.1. The molecule has 0 aliphatic carbocycles. The second-order valence-electron chi connectivity index (χ2n) is 7.68. The minimum Gasteiger partial charge on any atom is -0.349 e. The number of amides is 1. The molecule has 1 aliphatic rings. The minimum atomic E-state index is -0.455. The average Bonchev–Trinajstić information content (AvgIpc) is 2.34. The van der Waals surface area contributed by atoms with E-state index in [1.165, 1.54) is 6.07 Å². The first-order valence-corrected chi connectivity index (χ1v) is 7.85. The van der Waals surface area contributed by atoms with Gasteiger partial charge in [-0.2, -0.15) is 0 Å². The van der Waals surface area contributed by atoms with E-state index in [0.717, 1.165) is 12.8 Å². The van der Waals surface area contributed by atoms with Gasteiger partial charge in [-0.1, -0.05) is 6.07 Å². The van der Waals surface area contributed by atoms with Crippen LogP contribution in [0.15, 0.2) is 18.2 Å². The first-order chi connectivity index (χ1) is 10.5. The third kappa shape index (κ3) is 4.07. The molecule has 0 unspecified atom stereocenters.